The van der Waals surface area contributed by atoms with Crippen molar-refractivity contribution in [3.63, 3.8) is 0 Å². The third kappa shape index (κ3) is 3.10. The molecule has 1 fully saturated rings. The fourth-order valence-corrected chi connectivity index (χ4v) is 2.74. The number of hydrogen-bond acceptors (Lipinski definition) is 3. The van der Waals surface area contributed by atoms with Gasteiger partial charge in [-0.25, -0.2) is 4.39 Å². The number of rotatable bonds is 4. The van der Waals surface area contributed by atoms with Gasteiger partial charge in [0, 0.05) is 25.2 Å². The van der Waals surface area contributed by atoms with E-state index in [-0.39, 0.29) is 11.6 Å². The van der Waals surface area contributed by atoms with Crippen LogP contribution in [0.4, 0.5) is 15.8 Å². The summed E-state index contributed by atoms with van der Waals surface area (Å²) in [6.07, 6.45) is 2.44. The second kappa shape index (κ2) is 6.04. The summed E-state index contributed by atoms with van der Waals surface area (Å²) in [7, 11) is 0. The van der Waals surface area contributed by atoms with E-state index in [9.17, 15) is 9.50 Å². The zero-order valence-electron chi connectivity index (χ0n) is 11.8. The largest absolute Gasteiger partial charge is 0.508 e. The topological polar surface area (TPSA) is 35.5 Å². The highest BCUT2D eigenvalue weighted by Gasteiger charge is 2.15. The van der Waals surface area contributed by atoms with Crippen molar-refractivity contribution in [1.82, 2.24) is 0 Å². The van der Waals surface area contributed by atoms with Crippen LogP contribution in [0.3, 0.4) is 0 Å². The van der Waals surface area contributed by atoms with Gasteiger partial charge in [0.25, 0.3) is 0 Å². The third-order valence-electron chi connectivity index (χ3n) is 3.86. The van der Waals surface area contributed by atoms with E-state index in [1.165, 1.54) is 36.7 Å². The van der Waals surface area contributed by atoms with Gasteiger partial charge in [-0.3, -0.25) is 0 Å². The number of phenols is 1. The molecule has 0 bridgehead atoms. The molecular weight excluding hydrogens is 267 g/mol. The number of benzene rings is 2. The highest BCUT2D eigenvalue weighted by atomic mass is 19.1. The van der Waals surface area contributed by atoms with Crippen molar-refractivity contribution in [3.05, 3.63) is 53.8 Å². The van der Waals surface area contributed by atoms with Crippen LogP contribution < -0.4 is 10.2 Å². The molecule has 1 aliphatic rings. The second-order valence-corrected chi connectivity index (χ2v) is 5.34. The molecule has 4 heteroatoms. The van der Waals surface area contributed by atoms with Crippen LogP contribution in [0.2, 0.25) is 0 Å². The fraction of sp³-hybridized carbons (Fsp3) is 0.294. The smallest absolute Gasteiger partial charge is 0.123 e. The van der Waals surface area contributed by atoms with Gasteiger partial charge in [0.15, 0.2) is 0 Å². The van der Waals surface area contributed by atoms with Crippen LogP contribution in [-0.2, 0) is 6.54 Å². The highest BCUT2D eigenvalue weighted by Crippen LogP contribution is 2.29. The van der Waals surface area contributed by atoms with E-state index < -0.39 is 0 Å². The van der Waals surface area contributed by atoms with E-state index in [0.717, 1.165) is 18.8 Å². The number of anilines is 2. The summed E-state index contributed by atoms with van der Waals surface area (Å²) in [5.74, 6) is -0.222. The van der Waals surface area contributed by atoms with Crippen LogP contribution in [0.5, 0.6) is 5.75 Å². The van der Waals surface area contributed by atoms with Gasteiger partial charge in [-0.2, -0.15) is 0 Å². The molecule has 0 atom stereocenters. The summed E-state index contributed by atoms with van der Waals surface area (Å²) >= 11 is 0. The van der Waals surface area contributed by atoms with Gasteiger partial charge in [-0.05, 0) is 43.2 Å². The Labute approximate surface area is 124 Å². The van der Waals surface area contributed by atoms with Crippen LogP contribution in [0.1, 0.15) is 18.4 Å². The molecule has 2 aromatic carbocycles. The standard InChI is InChI=1S/C17H19FN2O/c18-14-7-8-17(21)13(11-14)12-19-15-5-1-2-6-16(15)20-9-3-4-10-20/h1-2,5-8,11,19,21H,3-4,9-10,12H2. The number of phenolic OH excluding ortho intramolecular Hbond substituents is 1. The maximum Gasteiger partial charge on any atom is 0.123 e. The molecule has 0 aliphatic carbocycles. The molecule has 0 unspecified atom stereocenters. The first-order chi connectivity index (χ1) is 10.2. The Balaban J connectivity index is 1.77. The molecule has 1 aliphatic heterocycles. The molecule has 0 radical (unpaired) electrons. The molecular formula is C17H19FN2O. The Bertz CT molecular complexity index is 624. The third-order valence-corrected chi connectivity index (χ3v) is 3.86. The highest BCUT2D eigenvalue weighted by molar-refractivity contribution is 5.70. The van der Waals surface area contributed by atoms with Gasteiger partial charge < -0.3 is 15.3 Å². The van der Waals surface area contributed by atoms with Crippen molar-refractivity contribution in [1.29, 1.82) is 0 Å². The van der Waals surface area contributed by atoms with Crippen molar-refractivity contribution in [3.8, 4) is 5.75 Å². The molecule has 1 heterocycles. The van der Waals surface area contributed by atoms with Crippen molar-refractivity contribution in [2.75, 3.05) is 23.3 Å². The molecule has 0 amide bonds. The molecule has 0 saturated carbocycles. The Kier molecular flexibility index (Phi) is 3.95. The lowest BCUT2D eigenvalue weighted by Crippen LogP contribution is -2.19. The predicted molar refractivity (Wildman–Crippen MR) is 83.3 cm³/mol. The lowest BCUT2D eigenvalue weighted by Gasteiger charge is -2.22. The first-order valence-corrected chi connectivity index (χ1v) is 7.29. The zero-order valence-corrected chi connectivity index (χ0v) is 11.8. The van der Waals surface area contributed by atoms with Crippen molar-refractivity contribution in [2.45, 2.75) is 19.4 Å². The molecule has 2 aromatic rings. The maximum atomic E-state index is 13.3. The summed E-state index contributed by atoms with van der Waals surface area (Å²) in [6.45, 7) is 2.54. The van der Waals surface area contributed by atoms with Crippen LogP contribution in [0, 0.1) is 5.82 Å². The number of hydrogen-bond donors (Lipinski definition) is 2. The van der Waals surface area contributed by atoms with Crippen molar-refractivity contribution >= 4 is 11.4 Å². The average Bonchev–Trinajstić information content (AvgIpc) is 3.03. The molecule has 3 rings (SSSR count). The molecule has 2 N–H and O–H groups in total. The summed E-state index contributed by atoms with van der Waals surface area (Å²) in [6, 6.07) is 12.1. The number of aromatic hydroxyl groups is 1. The number of nitrogens with one attached hydrogen (secondary N) is 1. The van der Waals surface area contributed by atoms with E-state index >= 15 is 0 Å². The molecule has 0 spiro atoms. The van der Waals surface area contributed by atoms with Gasteiger partial charge >= 0.3 is 0 Å². The summed E-state index contributed by atoms with van der Waals surface area (Å²) < 4.78 is 13.3. The molecule has 1 saturated heterocycles. The summed E-state index contributed by atoms with van der Waals surface area (Å²) in [4.78, 5) is 2.35. The predicted octanol–water partition coefficient (Wildman–Crippen LogP) is 3.74. The quantitative estimate of drug-likeness (QED) is 0.898. The Hall–Kier alpha value is -2.23. The van der Waals surface area contributed by atoms with E-state index in [2.05, 4.69) is 16.3 Å². The molecule has 21 heavy (non-hydrogen) atoms. The number of halogens is 1. The minimum atomic E-state index is -0.336. The fourth-order valence-electron chi connectivity index (χ4n) is 2.74. The average molecular weight is 286 g/mol. The lowest BCUT2D eigenvalue weighted by atomic mass is 10.2. The summed E-state index contributed by atoms with van der Waals surface area (Å²) in [5, 5.41) is 13.1. The first kappa shape index (κ1) is 13.7. The van der Waals surface area contributed by atoms with Crippen LogP contribution >= 0.6 is 0 Å². The van der Waals surface area contributed by atoms with E-state index in [0.29, 0.717) is 12.1 Å². The number of para-hydroxylation sites is 2. The molecule has 110 valence electrons. The van der Waals surface area contributed by atoms with Crippen molar-refractivity contribution < 1.29 is 9.50 Å². The molecule has 3 nitrogen and oxygen atoms in total. The van der Waals surface area contributed by atoms with Gasteiger partial charge in [0.1, 0.15) is 11.6 Å². The van der Waals surface area contributed by atoms with Gasteiger partial charge in [-0.1, -0.05) is 12.1 Å². The monoisotopic (exact) mass is 286 g/mol. The minimum absolute atomic E-state index is 0.113. The SMILES string of the molecule is Oc1ccc(F)cc1CNc1ccccc1N1CCCC1. The summed E-state index contributed by atoms with van der Waals surface area (Å²) in [5.41, 5.74) is 2.75. The van der Waals surface area contributed by atoms with Crippen molar-refractivity contribution in [2.24, 2.45) is 0 Å². The van der Waals surface area contributed by atoms with E-state index in [4.69, 9.17) is 0 Å². The van der Waals surface area contributed by atoms with E-state index in [1.807, 2.05) is 18.2 Å². The molecule has 0 aromatic heterocycles. The lowest BCUT2D eigenvalue weighted by molar-refractivity contribution is 0.466. The van der Waals surface area contributed by atoms with E-state index in [1.54, 1.807) is 0 Å². The Morgan fingerprint density at radius 1 is 1.10 bits per heavy atom. The second-order valence-electron chi connectivity index (χ2n) is 5.34. The van der Waals surface area contributed by atoms with Gasteiger partial charge in [0.05, 0.1) is 11.4 Å². The van der Waals surface area contributed by atoms with Crippen LogP contribution in [0.15, 0.2) is 42.5 Å². The Morgan fingerprint density at radius 2 is 1.86 bits per heavy atom. The van der Waals surface area contributed by atoms with Crippen LogP contribution in [-0.4, -0.2) is 18.2 Å². The minimum Gasteiger partial charge on any atom is -0.508 e. The Morgan fingerprint density at radius 3 is 2.67 bits per heavy atom. The van der Waals surface area contributed by atoms with Gasteiger partial charge in [-0.15, -0.1) is 0 Å². The normalized spacial score (nSPS) is 14.4. The zero-order chi connectivity index (χ0) is 14.7. The van der Waals surface area contributed by atoms with Gasteiger partial charge in [0.2, 0.25) is 0 Å². The maximum absolute atomic E-state index is 13.3. The first-order valence-electron chi connectivity index (χ1n) is 7.29. The van der Waals surface area contributed by atoms with Crippen LogP contribution in [0.25, 0.3) is 0 Å². The number of nitrogens with zero attached hydrogens (tertiary/aromatic N) is 1.